The second-order valence-electron chi connectivity index (χ2n) is 6.34. The molecule has 3 aromatic rings. The van der Waals surface area contributed by atoms with E-state index in [1.54, 1.807) is 12.1 Å². The number of imidazole rings is 1. The Labute approximate surface area is 145 Å². The largest absolute Gasteiger partial charge is 0.491 e. The van der Waals surface area contributed by atoms with Gasteiger partial charge in [0.15, 0.2) is 5.82 Å². The van der Waals surface area contributed by atoms with Crippen LogP contribution in [0.15, 0.2) is 24.4 Å². The number of fused-ring (bicyclic) bond motifs is 3. The average Bonchev–Trinajstić information content (AvgIpc) is 3.14. The molecule has 0 bridgehead atoms. The molecule has 25 heavy (non-hydrogen) atoms. The molecule has 1 aromatic carbocycles. The fraction of sp³-hybridized carbons (Fsp3) is 0.333. The van der Waals surface area contributed by atoms with Crippen LogP contribution in [0, 0.1) is 18.3 Å². The number of rotatable bonds is 2. The molecule has 126 valence electrons. The van der Waals surface area contributed by atoms with Gasteiger partial charge in [0.25, 0.3) is 0 Å². The van der Waals surface area contributed by atoms with Crippen molar-refractivity contribution in [1.82, 2.24) is 24.3 Å². The van der Waals surface area contributed by atoms with Gasteiger partial charge < -0.3 is 9.30 Å². The van der Waals surface area contributed by atoms with Crippen molar-refractivity contribution in [3.05, 3.63) is 35.8 Å². The summed E-state index contributed by atoms with van der Waals surface area (Å²) >= 11 is 0. The zero-order valence-corrected chi connectivity index (χ0v) is 14.4. The van der Waals surface area contributed by atoms with Gasteiger partial charge in [-0.25, -0.2) is 14.6 Å². The molecular weight excluding hydrogens is 316 g/mol. The lowest BCUT2D eigenvalue weighted by Crippen LogP contribution is -2.06. The smallest absolute Gasteiger partial charge is 0.178 e. The number of benzene rings is 1. The van der Waals surface area contributed by atoms with Crippen LogP contribution in [0.4, 0.5) is 0 Å². The number of ether oxygens (including phenoxy) is 1. The van der Waals surface area contributed by atoms with Gasteiger partial charge in [-0.3, -0.25) is 0 Å². The van der Waals surface area contributed by atoms with Gasteiger partial charge in [0.2, 0.25) is 0 Å². The Balaban J connectivity index is 1.86. The summed E-state index contributed by atoms with van der Waals surface area (Å²) in [7, 11) is 0. The van der Waals surface area contributed by atoms with Crippen molar-refractivity contribution in [2.24, 2.45) is 0 Å². The molecule has 0 atom stereocenters. The number of nitrogens with zero attached hydrogens (tertiary/aromatic N) is 6. The van der Waals surface area contributed by atoms with Gasteiger partial charge in [0.05, 0.1) is 23.7 Å². The lowest BCUT2D eigenvalue weighted by Gasteiger charge is -2.07. The maximum absolute atomic E-state index is 9.10. The first-order chi connectivity index (χ1) is 12.1. The Morgan fingerprint density at radius 1 is 1.24 bits per heavy atom. The van der Waals surface area contributed by atoms with E-state index < -0.39 is 0 Å². The Bertz CT molecular complexity index is 992. The third-order valence-corrected chi connectivity index (χ3v) is 4.17. The fourth-order valence-electron chi connectivity index (χ4n) is 3.02. The maximum atomic E-state index is 9.10. The number of aromatic nitrogens is 5. The Morgan fingerprint density at radius 3 is 2.84 bits per heavy atom. The van der Waals surface area contributed by atoms with E-state index in [9.17, 15) is 0 Å². The SMILES string of the molecule is Cc1nc(-c2cn3c(n2)-c2ccc(C#N)cc2OCC3)n(C(C)C)n1. The van der Waals surface area contributed by atoms with Gasteiger partial charge in [0, 0.05) is 12.2 Å². The van der Waals surface area contributed by atoms with E-state index in [2.05, 4.69) is 34.6 Å². The monoisotopic (exact) mass is 334 g/mol. The molecule has 0 spiro atoms. The fourth-order valence-corrected chi connectivity index (χ4v) is 3.02. The van der Waals surface area contributed by atoms with Crippen LogP contribution in [0.2, 0.25) is 0 Å². The van der Waals surface area contributed by atoms with Crippen LogP contribution in [0.3, 0.4) is 0 Å². The summed E-state index contributed by atoms with van der Waals surface area (Å²) in [6.45, 7) is 7.25. The Morgan fingerprint density at radius 2 is 2.08 bits per heavy atom. The van der Waals surface area contributed by atoms with Crippen LogP contribution in [-0.4, -0.2) is 30.9 Å². The quantitative estimate of drug-likeness (QED) is 0.719. The summed E-state index contributed by atoms with van der Waals surface area (Å²) in [6, 6.07) is 7.78. The standard InChI is InChI=1S/C18H18N6O/c1-11(2)24-18(20-12(3)22-24)15-10-23-6-7-25-16-8-13(9-19)4-5-14(16)17(23)21-15/h4-5,8,10-11H,6-7H2,1-3H3. The van der Waals surface area contributed by atoms with Crippen LogP contribution in [0.25, 0.3) is 22.9 Å². The molecule has 0 radical (unpaired) electrons. The first kappa shape index (κ1) is 15.4. The maximum Gasteiger partial charge on any atom is 0.178 e. The second-order valence-corrected chi connectivity index (χ2v) is 6.34. The van der Waals surface area contributed by atoms with Gasteiger partial charge in [-0.1, -0.05) is 0 Å². The minimum atomic E-state index is 0.200. The minimum Gasteiger partial charge on any atom is -0.491 e. The van der Waals surface area contributed by atoms with Crippen molar-refractivity contribution < 1.29 is 4.74 Å². The van der Waals surface area contributed by atoms with Gasteiger partial charge in [-0.2, -0.15) is 10.4 Å². The summed E-state index contributed by atoms with van der Waals surface area (Å²) in [5.41, 5.74) is 2.26. The van der Waals surface area contributed by atoms with Crippen molar-refractivity contribution in [3.8, 4) is 34.7 Å². The van der Waals surface area contributed by atoms with E-state index in [-0.39, 0.29) is 6.04 Å². The summed E-state index contributed by atoms with van der Waals surface area (Å²) < 4.78 is 9.77. The lowest BCUT2D eigenvalue weighted by molar-refractivity contribution is 0.306. The zero-order valence-electron chi connectivity index (χ0n) is 14.4. The number of nitriles is 1. The molecule has 0 saturated carbocycles. The second kappa shape index (κ2) is 5.74. The van der Waals surface area contributed by atoms with Crippen molar-refractivity contribution in [2.45, 2.75) is 33.4 Å². The molecule has 0 fully saturated rings. The minimum absolute atomic E-state index is 0.200. The predicted molar refractivity (Wildman–Crippen MR) is 92.0 cm³/mol. The summed E-state index contributed by atoms with van der Waals surface area (Å²) in [4.78, 5) is 9.37. The van der Waals surface area contributed by atoms with Crippen molar-refractivity contribution in [1.29, 1.82) is 5.26 Å². The first-order valence-corrected chi connectivity index (χ1v) is 8.25. The van der Waals surface area contributed by atoms with E-state index in [0.717, 1.165) is 28.7 Å². The molecule has 0 aliphatic carbocycles. The van der Waals surface area contributed by atoms with E-state index in [4.69, 9.17) is 15.0 Å². The summed E-state index contributed by atoms with van der Waals surface area (Å²) in [5, 5.41) is 13.6. The van der Waals surface area contributed by atoms with Crippen LogP contribution in [-0.2, 0) is 6.54 Å². The lowest BCUT2D eigenvalue weighted by atomic mass is 10.1. The molecule has 3 heterocycles. The molecule has 7 nitrogen and oxygen atoms in total. The third-order valence-electron chi connectivity index (χ3n) is 4.17. The van der Waals surface area contributed by atoms with Crippen LogP contribution in [0.5, 0.6) is 5.75 Å². The number of hydrogen-bond acceptors (Lipinski definition) is 5. The summed E-state index contributed by atoms with van der Waals surface area (Å²) in [5.74, 6) is 3.01. The highest BCUT2D eigenvalue weighted by atomic mass is 16.5. The molecule has 2 aromatic heterocycles. The van der Waals surface area contributed by atoms with E-state index in [0.29, 0.717) is 24.5 Å². The molecule has 0 saturated heterocycles. The third kappa shape index (κ3) is 2.56. The highest BCUT2D eigenvalue weighted by Gasteiger charge is 2.22. The van der Waals surface area contributed by atoms with Crippen molar-refractivity contribution in [3.63, 3.8) is 0 Å². The summed E-state index contributed by atoms with van der Waals surface area (Å²) in [6.07, 6.45) is 1.99. The van der Waals surface area contributed by atoms with Crippen LogP contribution in [0.1, 0.15) is 31.3 Å². The van der Waals surface area contributed by atoms with Crippen molar-refractivity contribution in [2.75, 3.05) is 6.61 Å². The zero-order chi connectivity index (χ0) is 17.6. The Hall–Kier alpha value is -3.14. The highest BCUT2D eigenvalue weighted by Crippen LogP contribution is 2.34. The predicted octanol–water partition coefficient (Wildman–Crippen LogP) is 2.96. The van der Waals surface area contributed by atoms with Crippen molar-refractivity contribution >= 4 is 0 Å². The molecular formula is C18H18N6O. The van der Waals surface area contributed by atoms with Gasteiger partial charge >= 0.3 is 0 Å². The molecule has 7 heteroatoms. The number of aryl methyl sites for hydroxylation is 1. The van der Waals surface area contributed by atoms with Gasteiger partial charge in [0.1, 0.15) is 29.7 Å². The molecule has 1 aliphatic heterocycles. The highest BCUT2D eigenvalue weighted by molar-refractivity contribution is 5.69. The van der Waals surface area contributed by atoms with Gasteiger partial charge in [-0.05, 0) is 39.0 Å². The molecule has 0 N–H and O–H groups in total. The number of hydrogen-bond donors (Lipinski definition) is 0. The molecule has 0 amide bonds. The average molecular weight is 334 g/mol. The van der Waals surface area contributed by atoms with E-state index in [1.807, 2.05) is 23.9 Å². The molecule has 1 aliphatic rings. The van der Waals surface area contributed by atoms with Crippen LogP contribution >= 0.6 is 0 Å². The van der Waals surface area contributed by atoms with Crippen LogP contribution < -0.4 is 4.74 Å². The van der Waals surface area contributed by atoms with E-state index >= 15 is 0 Å². The normalized spacial score (nSPS) is 12.9. The Kier molecular flexibility index (Phi) is 3.53. The van der Waals surface area contributed by atoms with Gasteiger partial charge in [-0.15, -0.1) is 0 Å². The van der Waals surface area contributed by atoms with E-state index in [1.165, 1.54) is 0 Å². The first-order valence-electron chi connectivity index (χ1n) is 8.25. The molecule has 0 unspecified atom stereocenters. The topological polar surface area (TPSA) is 81.5 Å². The molecule has 4 rings (SSSR count).